The van der Waals surface area contributed by atoms with E-state index in [0.29, 0.717) is 42.5 Å². The molecule has 9 nitrogen and oxygen atoms in total. The molecule has 0 aliphatic rings. The van der Waals surface area contributed by atoms with Crippen LogP contribution in [0.5, 0.6) is 11.5 Å². The Morgan fingerprint density at radius 1 is 1.09 bits per heavy atom. The molecule has 34 heavy (non-hydrogen) atoms. The SMILES string of the molecule is CCOc1ccc(-c2nc(CS(=O)(=O)CCCc3nnnn3-c3ccccc3)cs2)cc1OC. The number of hydrogen-bond donors (Lipinski definition) is 0. The van der Waals surface area contributed by atoms with E-state index in [-0.39, 0.29) is 11.5 Å². The summed E-state index contributed by atoms with van der Waals surface area (Å²) in [5.41, 5.74) is 2.22. The lowest BCUT2D eigenvalue weighted by atomic mass is 10.2. The molecule has 0 N–H and O–H groups in total. The second kappa shape index (κ2) is 10.7. The summed E-state index contributed by atoms with van der Waals surface area (Å²) in [6, 6.07) is 15.1. The number of benzene rings is 2. The number of methoxy groups -OCH3 is 1. The molecule has 0 fully saturated rings. The van der Waals surface area contributed by atoms with Crippen LogP contribution in [0.3, 0.4) is 0 Å². The highest BCUT2D eigenvalue weighted by Gasteiger charge is 2.17. The highest BCUT2D eigenvalue weighted by molar-refractivity contribution is 7.90. The molecule has 4 rings (SSSR count). The van der Waals surface area contributed by atoms with Gasteiger partial charge in [0.1, 0.15) is 5.01 Å². The summed E-state index contributed by atoms with van der Waals surface area (Å²) in [5, 5.41) is 14.3. The molecule has 2 aromatic heterocycles. The Bertz CT molecular complexity index is 1340. The molecule has 0 saturated carbocycles. The summed E-state index contributed by atoms with van der Waals surface area (Å²) < 4.78 is 38.0. The number of aryl methyl sites for hydroxylation is 1. The van der Waals surface area contributed by atoms with E-state index >= 15 is 0 Å². The molecule has 0 amide bonds. The summed E-state index contributed by atoms with van der Waals surface area (Å²) in [6.45, 7) is 2.45. The molecular weight excluding hydrogens is 474 g/mol. The van der Waals surface area contributed by atoms with Crippen molar-refractivity contribution < 1.29 is 17.9 Å². The molecule has 0 unspecified atom stereocenters. The number of para-hydroxylation sites is 1. The van der Waals surface area contributed by atoms with Crippen molar-refractivity contribution in [2.45, 2.75) is 25.5 Å². The largest absolute Gasteiger partial charge is 0.493 e. The van der Waals surface area contributed by atoms with E-state index in [0.717, 1.165) is 16.3 Å². The van der Waals surface area contributed by atoms with Crippen LogP contribution < -0.4 is 9.47 Å². The van der Waals surface area contributed by atoms with Crippen LogP contribution in [0, 0.1) is 0 Å². The average molecular weight is 500 g/mol. The van der Waals surface area contributed by atoms with Gasteiger partial charge < -0.3 is 9.47 Å². The molecule has 0 spiro atoms. The van der Waals surface area contributed by atoms with Crippen molar-refractivity contribution in [3.63, 3.8) is 0 Å². The maximum Gasteiger partial charge on any atom is 0.161 e. The third kappa shape index (κ3) is 5.78. The van der Waals surface area contributed by atoms with E-state index < -0.39 is 9.84 Å². The molecule has 11 heteroatoms. The number of hydrogen-bond acceptors (Lipinski definition) is 9. The van der Waals surface area contributed by atoms with Gasteiger partial charge in [-0.1, -0.05) is 18.2 Å². The molecule has 2 aromatic carbocycles. The monoisotopic (exact) mass is 499 g/mol. The van der Waals surface area contributed by atoms with Crippen molar-refractivity contribution in [1.82, 2.24) is 25.2 Å². The van der Waals surface area contributed by atoms with Gasteiger partial charge in [-0.25, -0.2) is 13.4 Å². The summed E-state index contributed by atoms with van der Waals surface area (Å²) in [6.07, 6.45) is 0.873. The fourth-order valence-electron chi connectivity index (χ4n) is 3.46. The third-order valence-electron chi connectivity index (χ3n) is 5.02. The van der Waals surface area contributed by atoms with Crippen molar-refractivity contribution in [1.29, 1.82) is 0 Å². The lowest BCUT2D eigenvalue weighted by molar-refractivity contribution is 0.311. The number of tetrazole rings is 1. The minimum absolute atomic E-state index is 0.0262. The van der Waals surface area contributed by atoms with Crippen LogP contribution in [0.1, 0.15) is 24.9 Å². The van der Waals surface area contributed by atoms with Gasteiger partial charge in [-0.2, -0.15) is 4.68 Å². The van der Waals surface area contributed by atoms with Crippen LogP contribution in [0.15, 0.2) is 53.9 Å². The molecule has 0 saturated heterocycles. The molecular formula is C23H25N5O4S2. The van der Waals surface area contributed by atoms with E-state index in [1.54, 1.807) is 17.2 Å². The van der Waals surface area contributed by atoms with Gasteiger partial charge in [0.2, 0.25) is 0 Å². The van der Waals surface area contributed by atoms with Gasteiger partial charge >= 0.3 is 0 Å². The summed E-state index contributed by atoms with van der Waals surface area (Å²) in [5.74, 6) is 1.81. The summed E-state index contributed by atoms with van der Waals surface area (Å²) in [7, 11) is -1.76. The first-order chi connectivity index (χ1) is 16.5. The highest BCUT2D eigenvalue weighted by Crippen LogP contribution is 2.34. The van der Waals surface area contributed by atoms with E-state index in [1.807, 2.05) is 55.5 Å². The van der Waals surface area contributed by atoms with Crippen LogP contribution in [-0.2, 0) is 22.0 Å². The average Bonchev–Trinajstić information content (AvgIpc) is 3.49. The van der Waals surface area contributed by atoms with Crippen molar-refractivity contribution in [3.05, 3.63) is 65.4 Å². The summed E-state index contributed by atoms with van der Waals surface area (Å²) >= 11 is 1.40. The minimum Gasteiger partial charge on any atom is -0.493 e. The Morgan fingerprint density at radius 3 is 2.68 bits per heavy atom. The normalized spacial score (nSPS) is 11.5. The van der Waals surface area contributed by atoms with Crippen LogP contribution in [-0.4, -0.2) is 53.1 Å². The number of ether oxygens (including phenoxy) is 2. The van der Waals surface area contributed by atoms with Gasteiger partial charge in [0.05, 0.1) is 36.6 Å². The molecule has 4 aromatic rings. The van der Waals surface area contributed by atoms with Crippen LogP contribution in [0.4, 0.5) is 0 Å². The Morgan fingerprint density at radius 2 is 1.91 bits per heavy atom. The van der Waals surface area contributed by atoms with Gasteiger partial charge in [-0.3, -0.25) is 0 Å². The van der Waals surface area contributed by atoms with Crippen LogP contribution in [0.2, 0.25) is 0 Å². The van der Waals surface area contributed by atoms with Gasteiger partial charge in [0.25, 0.3) is 0 Å². The quantitative estimate of drug-likeness (QED) is 0.307. The molecule has 0 radical (unpaired) electrons. The predicted molar refractivity (Wildman–Crippen MR) is 130 cm³/mol. The molecule has 0 bridgehead atoms. The maximum absolute atomic E-state index is 12.7. The Kier molecular flexibility index (Phi) is 7.53. The fraction of sp³-hybridized carbons (Fsp3) is 0.304. The van der Waals surface area contributed by atoms with E-state index in [9.17, 15) is 8.42 Å². The second-order valence-electron chi connectivity index (χ2n) is 7.48. The van der Waals surface area contributed by atoms with Gasteiger partial charge in [-0.05, 0) is 54.1 Å². The van der Waals surface area contributed by atoms with Gasteiger partial charge in [-0.15, -0.1) is 16.4 Å². The number of rotatable bonds is 11. The molecule has 0 aliphatic carbocycles. The second-order valence-corrected chi connectivity index (χ2v) is 10.5. The fourth-order valence-corrected chi connectivity index (χ4v) is 5.71. The zero-order valence-corrected chi connectivity index (χ0v) is 20.6. The van der Waals surface area contributed by atoms with Crippen molar-refractivity contribution in [3.8, 4) is 27.8 Å². The highest BCUT2D eigenvalue weighted by atomic mass is 32.2. The number of sulfone groups is 1. The maximum atomic E-state index is 12.7. The molecule has 2 heterocycles. The predicted octanol–water partition coefficient (Wildman–Crippen LogP) is 3.74. The number of nitrogens with zero attached hydrogens (tertiary/aromatic N) is 5. The van der Waals surface area contributed by atoms with Gasteiger partial charge in [0, 0.05) is 17.4 Å². The van der Waals surface area contributed by atoms with E-state index in [1.165, 1.54) is 11.3 Å². The standard InChI is InChI=1S/C23H25N5O4S2/c1-3-32-20-12-11-17(14-21(20)31-2)23-24-18(15-33-23)16-34(29,30)13-7-10-22-25-26-27-28(22)19-8-5-4-6-9-19/h4-6,8-9,11-12,14-15H,3,7,10,13,16H2,1-2H3. The molecule has 0 aliphatic heterocycles. The smallest absolute Gasteiger partial charge is 0.161 e. The lowest BCUT2D eigenvalue weighted by Crippen LogP contribution is -2.12. The lowest BCUT2D eigenvalue weighted by Gasteiger charge is -2.09. The topological polar surface area (TPSA) is 109 Å². The van der Waals surface area contributed by atoms with Crippen LogP contribution >= 0.6 is 11.3 Å². The Hall–Kier alpha value is -3.31. The third-order valence-corrected chi connectivity index (χ3v) is 7.61. The van der Waals surface area contributed by atoms with Gasteiger partial charge in [0.15, 0.2) is 27.2 Å². The summed E-state index contributed by atoms with van der Waals surface area (Å²) in [4.78, 5) is 4.54. The van der Waals surface area contributed by atoms with Crippen molar-refractivity contribution >= 4 is 21.2 Å². The van der Waals surface area contributed by atoms with E-state index in [4.69, 9.17) is 9.47 Å². The van der Waals surface area contributed by atoms with E-state index in [2.05, 4.69) is 20.5 Å². The first-order valence-corrected chi connectivity index (χ1v) is 13.5. The zero-order valence-electron chi connectivity index (χ0n) is 18.9. The zero-order chi connectivity index (χ0) is 24.0. The van der Waals surface area contributed by atoms with Crippen molar-refractivity contribution in [2.24, 2.45) is 0 Å². The molecule has 0 atom stereocenters. The molecule has 178 valence electrons. The first kappa shape index (κ1) is 23.8. The number of thiazole rings is 1. The Labute approximate surface area is 202 Å². The first-order valence-electron chi connectivity index (χ1n) is 10.8. The number of aromatic nitrogens is 5. The van der Waals surface area contributed by atoms with Crippen LogP contribution in [0.25, 0.3) is 16.3 Å². The minimum atomic E-state index is -3.34. The Balaban J connectivity index is 1.37. The van der Waals surface area contributed by atoms with Crippen molar-refractivity contribution in [2.75, 3.05) is 19.5 Å².